The molecule has 64 valence electrons. The van der Waals surface area contributed by atoms with E-state index in [4.69, 9.17) is 5.11 Å². The van der Waals surface area contributed by atoms with Gasteiger partial charge >= 0.3 is 0 Å². The van der Waals surface area contributed by atoms with Crippen molar-refractivity contribution in [3.63, 3.8) is 0 Å². The van der Waals surface area contributed by atoms with Crippen LogP contribution in [0.5, 0.6) is 0 Å². The van der Waals surface area contributed by atoms with E-state index in [-0.39, 0.29) is 17.8 Å². The minimum atomic E-state index is -0.273. The third kappa shape index (κ3) is 4.73. The Bertz CT molecular complexity index is 157. The summed E-state index contributed by atoms with van der Waals surface area (Å²) in [5.41, 5.74) is -0.273. The molecule has 0 unspecified atom stereocenters. The lowest BCUT2D eigenvalue weighted by molar-refractivity contribution is -0.114. The molecule has 2 nitrogen and oxygen atoms in total. The number of hydrogen-bond acceptors (Lipinski definition) is 2. The molecule has 0 rings (SSSR count). The Kier molecular flexibility index (Phi) is 4.04. The predicted octanol–water partition coefficient (Wildman–Crippen LogP) is 1.54. The van der Waals surface area contributed by atoms with Crippen LogP contribution in [0.4, 0.5) is 0 Å². The smallest absolute Gasteiger partial charge is 0.155 e. The summed E-state index contributed by atoms with van der Waals surface area (Å²) in [6.07, 6.45) is 3.81. The quantitative estimate of drug-likeness (QED) is 0.627. The van der Waals surface area contributed by atoms with Crippen molar-refractivity contribution in [1.29, 1.82) is 0 Å². The summed E-state index contributed by atoms with van der Waals surface area (Å²) in [7, 11) is 0. The number of rotatable bonds is 4. The Morgan fingerprint density at radius 1 is 1.55 bits per heavy atom. The summed E-state index contributed by atoms with van der Waals surface area (Å²) >= 11 is 0. The van der Waals surface area contributed by atoms with Crippen molar-refractivity contribution >= 4 is 5.78 Å². The molecule has 0 aromatic rings. The van der Waals surface area contributed by atoms with Crippen LogP contribution in [0, 0.1) is 5.41 Å². The molecule has 0 aliphatic rings. The molecule has 0 aliphatic carbocycles. The van der Waals surface area contributed by atoms with Gasteiger partial charge in [0.25, 0.3) is 0 Å². The maximum absolute atomic E-state index is 10.8. The van der Waals surface area contributed by atoms with Crippen molar-refractivity contribution in [1.82, 2.24) is 0 Å². The molecule has 0 spiro atoms. The molecule has 0 aliphatic heterocycles. The average molecular weight is 156 g/mol. The number of hydrogen-bond donors (Lipinski definition) is 1. The zero-order valence-corrected chi connectivity index (χ0v) is 7.42. The van der Waals surface area contributed by atoms with E-state index >= 15 is 0 Å². The van der Waals surface area contributed by atoms with Crippen molar-refractivity contribution in [3.8, 4) is 0 Å². The molecule has 0 saturated heterocycles. The van der Waals surface area contributed by atoms with Crippen LogP contribution in [0.3, 0.4) is 0 Å². The fraction of sp³-hybridized carbons (Fsp3) is 0.667. The molecule has 0 heterocycles. The highest BCUT2D eigenvalue weighted by Gasteiger charge is 2.11. The lowest BCUT2D eigenvalue weighted by Gasteiger charge is -2.14. The van der Waals surface area contributed by atoms with Gasteiger partial charge in [0.15, 0.2) is 5.78 Å². The lowest BCUT2D eigenvalue weighted by Crippen LogP contribution is -2.13. The van der Waals surface area contributed by atoms with Gasteiger partial charge in [0.05, 0.1) is 6.61 Å². The summed E-state index contributed by atoms with van der Waals surface area (Å²) in [5, 5.41) is 8.82. The summed E-state index contributed by atoms with van der Waals surface area (Å²) in [6.45, 7) is 5.65. The molecule has 0 aromatic carbocycles. The molecule has 0 amide bonds. The van der Waals surface area contributed by atoms with Gasteiger partial charge in [0.2, 0.25) is 0 Å². The number of ketones is 1. The molecule has 0 fully saturated rings. The number of aliphatic hydroxyl groups is 1. The van der Waals surface area contributed by atoms with Gasteiger partial charge in [0.1, 0.15) is 0 Å². The van der Waals surface area contributed by atoms with Crippen molar-refractivity contribution in [2.24, 2.45) is 5.41 Å². The van der Waals surface area contributed by atoms with Gasteiger partial charge in [-0.15, -0.1) is 0 Å². The van der Waals surface area contributed by atoms with Crippen LogP contribution in [0.1, 0.15) is 27.2 Å². The highest BCUT2D eigenvalue weighted by atomic mass is 16.3. The second-order valence-corrected chi connectivity index (χ2v) is 3.30. The summed E-state index contributed by atoms with van der Waals surface area (Å²) in [4.78, 5) is 10.8. The number of carbonyl (C=O) groups excluding carboxylic acids is 1. The van der Waals surface area contributed by atoms with E-state index in [9.17, 15) is 4.79 Å². The number of allylic oxidation sites excluding steroid dienone is 1. The Balaban J connectivity index is 4.01. The largest absolute Gasteiger partial charge is 0.395 e. The first-order valence-electron chi connectivity index (χ1n) is 3.85. The van der Waals surface area contributed by atoms with E-state index in [2.05, 4.69) is 0 Å². The molecule has 0 saturated carbocycles. The first-order valence-corrected chi connectivity index (χ1v) is 3.85. The van der Waals surface area contributed by atoms with Crippen LogP contribution in [0.25, 0.3) is 0 Å². The summed E-state index contributed by atoms with van der Waals surface area (Å²) in [6, 6.07) is 0. The monoisotopic (exact) mass is 156 g/mol. The van der Waals surface area contributed by atoms with Crippen LogP contribution >= 0.6 is 0 Å². The first kappa shape index (κ1) is 10.4. The fourth-order valence-electron chi connectivity index (χ4n) is 0.489. The third-order valence-corrected chi connectivity index (χ3v) is 1.48. The Labute approximate surface area is 67.9 Å². The van der Waals surface area contributed by atoms with Crippen LogP contribution < -0.4 is 0 Å². The lowest BCUT2D eigenvalue weighted by atomic mass is 9.94. The Hall–Kier alpha value is -0.630. The molecule has 0 radical (unpaired) electrons. The molecule has 11 heavy (non-hydrogen) atoms. The topological polar surface area (TPSA) is 37.3 Å². The van der Waals surface area contributed by atoms with E-state index in [0.717, 1.165) is 0 Å². The predicted molar refractivity (Wildman–Crippen MR) is 45.3 cm³/mol. The molecular formula is C9H16O2. The third-order valence-electron chi connectivity index (χ3n) is 1.48. The molecular weight excluding hydrogens is 140 g/mol. The van der Waals surface area contributed by atoms with Crippen molar-refractivity contribution in [2.45, 2.75) is 27.2 Å². The van der Waals surface area contributed by atoms with Gasteiger partial charge in [-0.1, -0.05) is 26.8 Å². The Morgan fingerprint density at radius 3 is 2.45 bits per heavy atom. The zero-order chi connectivity index (χ0) is 8.91. The van der Waals surface area contributed by atoms with Gasteiger partial charge in [-0.25, -0.2) is 0 Å². The summed E-state index contributed by atoms with van der Waals surface area (Å²) < 4.78 is 0. The normalized spacial score (nSPS) is 12.4. The van der Waals surface area contributed by atoms with E-state index in [1.807, 2.05) is 20.8 Å². The molecule has 1 N–H and O–H groups in total. The average Bonchev–Trinajstić information content (AvgIpc) is 2.00. The molecule has 0 aromatic heterocycles. The minimum Gasteiger partial charge on any atom is -0.395 e. The Morgan fingerprint density at radius 2 is 2.09 bits per heavy atom. The van der Waals surface area contributed by atoms with Gasteiger partial charge in [0, 0.05) is 11.8 Å². The SMILES string of the molecule is CCC(=O)/C=C/C(C)(C)CO. The maximum atomic E-state index is 10.8. The van der Waals surface area contributed by atoms with Gasteiger partial charge in [-0.3, -0.25) is 4.79 Å². The number of carbonyl (C=O) groups is 1. The van der Waals surface area contributed by atoms with Gasteiger partial charge in [-0.05, 0) is 6.08 Å². The first-order chi connectivity index (χ1) is 5.02. The zero-order valence-electron chi connectivity index (χ0n) is 7.42. The number of aliphatic hydroxyl groups excluding tert-OH is 1. The van der Waals surface area contributed by atoms with Crippen molar-refractivity contribution in [3.05, 3.63) is 12.2 Å². The molecule has 0 bridgehead atoms. The second-order valence-electron chi connectivity index (χ2n) is 3.30. The van der Waals surface area contributed by atoms with Crippen LogP contribution in [-0.2, 0) is 4.79 Å². The molecule has 2 heteroatoms. The van der Waals surface area contributed by atoms with Crippen LogP contribution in [0.2, 0.25) is 0 Å². The highest BCUT2D eigenvalue weighted by Crippen LogP contribution is 2.14. The van der Waals surface area contributed by atoms with E-state index < -0.39 is 0 Å². The van der Waals surface area contributed by atoms with Crippen LogP contribution in [-0.4, -0.2) is 17.5 Å². The van der Waals surface area contributed by atoms with Crippen molar-refractivity contribution in [2.75, 3.05) is 6.61 Å². The standard InChI is InChI=1S/C9H16O2/c1-4-8(11)5-6-9(2,3)7-10/h5-6,10H,4,7H2,1-3H3/b6-5+. The van der Waals surface area contributed by atoms with Gasteiger partial charge < -0.3 is 5.11 Å². The maximum Gasteiger partial charge on any atom is 0.155 e. The van der Waals surface area contributed by atoms with Crippen LogP contribution in [0.15, 0.2) is 12.2 Å². The van der Waals surface area contributed by atoms with Crippen molar-refractivity contribution < 1.29 is 9.90 Å². The summed E-state index contributed by atoms with van der Waals surface area (Å²) in [5.74, 6) is 0.103. The van der Waals surface area contributed by atoms with E-state index in [1.54, 1.807) is 6.08 Å². The minimum absolute atomic E-state index is 0.0699. The second kappa shape index (κ2) is 4.29. The van der Waals surface area contributed by atoms with E-state index in [1.165, 1.54) is 6.08 Å². The van der Waals surface area contributed by atoms with Gasteiger partial charge in [-0.2, -0.15) is 0 Å². The van der Waals surface area contributed by atoms with E-state index in [0.29, 0.717) is 6.42 Å². The molecule has 0 atom stereocenters. The fourth-order valence-corrected chi connectivity index (χ4v) is 0.489. The highest BCUT2D eigenvalue weighted by molar-refractivity contribution is 5.89.